The van der Waals surface area contributed by atoms with Crippen molar-refractivity contribution in [3.05, 3.63) is 236 Å². The summed E-state index contributed by atoms with van der Waals surface area (Å²) in [5.74, 6) is 0. The van der Waals surface area contributed by atoms with Crippen molar-refractivity contribution >= 4 is 60.2 Å². The molecule has 292 valence electrons. The first-order valence-electron chi connectivity index (χ1n) is 21.7. The Morgan fingerprint density at radius 2 is 0.726 bits per heavy atom. The number of hydrogen-bond donors (Lipinski definition) is 0. The van der Waals surface area contributed by atoms with Gasteiger partial charge in [-0.15, -0.1) is 0 Å². The van der Waals surface area contributed by atoms with Gasteiger partial charge in [-0.1, -0.05) is 190 Å². The molecule has 1 aliphatic carbocycles. The van der Waals surface area contributed by atoms with Crippen molar-refractivity contribution in [3.8, 4) is 44.5 Å². The normalized spacial score (nSPS) is 12.8. The maximum absolute atomic E-state index is 2.39. The Hall–Kier alpha value is -7.74. The molecule has 1 heteroatoms. The average molecular weight is 790 g/mol. The van der Waals surface area contributed by atoms with Crippen LogP contribution in [0.15, 0.2) is 224 Å². The van der Waals surface area contributed by atoms with Gasteiger partial charge in [-0.3, -0.25) is 0 Å². The number of nitrogens with zero attached hydrogens (tertiary/aromatic N) is 1. The molecule has 11 aromatic rings. The molecule has 11 aromatic carbocycles. The van der Waals surface area contributed by atoms with Gasteiger partial charge in [0.2, 0.25) is 0 Å². The van der Waals surface area contributed by atoms with Crippen LogP contribution in [0.4, 0.5) is 17.1 Å². The molecule has 0 amide bonds. The average Bonchev–Trinajstić information content (AvgIpc) is 3.57. The van der Waals surface area contributed by atoms with Crippen LogP contribution in [0.3, 0.4) is 0 Å². The smallest absolute Gasteiger partial charge is 0.0462 e. The number of anilines is 3. The molecule has 0 N–H and O–H groups in total. The number of rotatable bonds is 6. The predicted octanol–water partition coefficient (Wildman–Crippen LogP) is 17.1. The number of benzene rings is 11. The molecular formula is C61H43N. The third kappa shape index (κ3) is 5.85. The first kappa shape index (κ1) is 36.1. The zero-order valence-corrected chi connectivity index (χ0v) is 34.8. The summed E-state index contributed by atoms with van der Waals surface area (Å²) in [4.78, 5) is 2.38. The van der Waals surface area contributed by atoms with Gasteiger partial charge in [-0.2, -0.15) is 0 Å². The highest BCUT2D eigenvalue weighted by Crippen LogP contribution is 2.50. The Bertz CT molecular complexity index is 3520. The van der Waals surface area contributed by atoms with Crippen LogP contribution in [0, 0.1) is 0 Å². The van der Waals surface area contributed by atoms with Gasteiger partial charge in [0, 0.05) is 22.5 Å². The second-order valence-electron chi connectivity index (χ2n) is 17.3. The first-order valence-corrected chi connectivity index (χ1v) is 21.7. The van der Waals surface area contributed by atoms with Crippen LogP contribution in [0.5, 0.6) is 0 Å². The number of fused-ring (bicyclic) bond motifs is 9. The van der Waals surface area contributed by atoms with Crippen molar-refractivity contribution in [1.82, 2.24) is 0 Å². The van der Waals surface area contributed by atoms with E-state index in [-0.39, 0.29) is 5.41 Å². The van der Waals surface area contributed by atoms with Crippen LogP contribution in [0.1, 0.15) is 25.0 Å². The lowest BCUT2D eigenvalue weighted by Crippen LogP contribution is -2.14. The minimum absolute atomic E-state index is 0.00884. The van der Waals surface area contributed by atoms with E-state index >= 15 is 0 Å². The summed E-state index contributed by atoms with van der Waals surface area (Å²) < 4.78 is 0. The van der Waals surface area contributed by atoms with Crippen LogP contribution in [-0.4, -0.2) is 0 Å². The zero-order chi connectivity index (χ0) is 41.4. The van der Waals surface area contributed by atoms with Crippen LogP contribution in [0.25, 0.3) is 87.6 Å². The molecule has 1 nitrogen and oxygen atoms in total. The van der Waals surface area contributed by atoms with E-state index in [1.54, 1.807) is 0 Å². The molecule has 0 atom stereocenters. The van der Waals surface area contributed by atoms with E-state index < -0.39 is 0 Å². The predicted molar refractivity (Wildman–Crippen MR) is 265 cm³/mol. The Balaban J connectivity index is 0.924. The van der Waals surface area contributed by atoms with Gasteiger partial charge in [0.25, 0.3) is 0 Å². The van der Waals surface area contributed by atoms with E-state index in [0.717, 1.165) is 17.1 Å². The van der Waals surface area contributed by atoms with Crippen molar-refractivity contribution in [1.29, 1.82) is 0 Å². The van der Waals surface area contributed by atoms with Crippen molar-refractivity contribution in [2.24, 2.45) is 0 Å². The molecule has 0 saturated heterocycles. The minimum Gasteiger partial charge on any atom is -0.311 e. The largest absolute Gasteiger partial charge is 0.311 e. The molecule has 0 fully saturated rings. The Labute approximate surface area is 362 Å². The van der Waals surface area contributed by atoms with Gasteiger partial charge in [-0.25, -0.2) is 0 Å². The standard InChI is InChI=1S/C61H43N/c1-61(2)59-17-8-7-14-57(59)58-39-46(28-37-60(58)61)41-22-31-49(32-23-41)62(48-29-20-40(21-30-48)45-27-35-54-47(38-45)19-18-42-10-3-5-12-51(42)54)50-33-24-44(25-34-50)53-15-9-16-55-52-13-6-4-11-43(52)26-36-56(53)55/h3-39H,1-2H3. The summed E-state index contributed by atoms with van der Waals surface area (Å²) in [5.41, 5.74) is 16.1. The van der Waals surface area contributed by atoms with Crippen LogP contribution >= 0.6 is 0 Å². The quantitative estimate of drug-likeness (QED) is 0.152. The Morgan fingerprint density at radius 1 is 0.274 bits per heavy atom. The fourth-order valence-corrected chi connectivity index (χ4v) is 10.2. The summed E-state index contributed by atoms with van der Waals surface area (Å²) in [6.45, 7) is 4.68. The maximum Gasteiger partial charge on any atom is 0.0462 e. The van der Waals surface area contributed by atoms with Crippen molar-refractivity contribution in [2.75, 3.05) is 4.90 Å². The number of hydrogen-bond acceptors (Lipinski definition) is 1. The molecule has 0 bridgehead atoms. The highest BCUT2D eigenvalue weighted by Gasteiger charge is 2.35. The molecule has 0 unspecified atom stereocenters. The Morgan fingerprint density at radius 3 is 1.42 bits per heavy atom. The summed E-state index contributed by atoms with van der Waals surface area (Å²) >= 11 is 0. The van der Waals surface area contributed by atoms with Crippen LogP contribution in [0.2, 0.25) is 0 Å². The second-order valence-corrected chi connectivity index (χ2v) is 17.3. The second kappa shape index (κ2) is 14.2. The van der Waals surface area contributed by atoms with E-state index in [0.29, 0.717) is 0 Å². The lowest BCUT2D eigenvalue weighted by atomic mass is 9.82. The third-order valence-electron chi connectivity index (χ3n) is 13.5. The van der Waals surface area contributed by atoms with E-state index in [2.05, 4.69) is 243 Å². The molecule has 0 saturated carbocycles. The highest BCUT2D eigenvalue weighted by molar-refractivity contribution is 6.12. The lowest BCUT2D eigenvalue weighted by Gasteiger charge is -2.26. The monoisotopic (exact) mass is 789 g/mol. The lowest BCUT2D eigenvalue weighted by molar-refractivity contribution is 0.660. The van der Waals surface area contributed by atoms with Crippen molar-refractivity contribution in [2.45, 2.75) is 19.3 Å². The van der Waals surface area contributed by atoms with E-state index in [9.17, 15) is 0 Å². The summed E-state index contributed by atoms with van der Waals surface area (Å²) in [5, 5.41) is 10.2. The molecule has 1 aliphatic rings. The fraction of sp³-hybridized carbons (Fsp3) is 0.0492. The van der Waals surface area contributed by atoms with Crippen LogP contribution < -0.4 is 4.90 Å². The van der Waals surface area contributed by atoms with Gasteiger partial charge in [-0.05, 0) is 147 Å². The zero-order valence-electron chi connectivity index (χ0n) is 34.8. The van der Waals surface area contributed by atoms with Crippen molar-refractivity contribution < 1.29 is 0 Å². The first-order chi connectivity index (χ1) is 30.5. The van der Waals surface area contributed by atoms with Gasteiger partial charge >= 0.3 is 0 Å². The molecule has 62 heavy (non-hydrogen) atoms. The molecule has 0 heterocycles. The van der Waals surface area contributed by atoms with Gasteiger partial charge in [0.15, 0.2) is 0 Å². The Kier molecular flexibility index (Phi) is 8.27. The molecule has 0 aliphatic heterocycles. The van der Waals surface area contributed by atoms with Gasteiger partial charge in [0.1, 0.15) is 0 Å². The molecule has 0 aromatic heterocycles. The summed E-state index contributed by atoms with van der Waals surface area (Å²) in [7, 11) is 0. The van der Waals surface area contributed by atoms with Gasteiger partial charge in [0.05, 0.1) is 0 Å². The molecule has 12 rings (SSSR count). The highest BCUT2D eigenvalue weighted by atomic mass is 15.1. The van der Waals surface area contributed by atoms with E-state index in [1.807, 2.05) is 0 Å². The molecule has 0 radical (unpaired) electrons. The molecular weight excluding hydrogens is 747 g/mol. The fourth-order valence-electron chi connectivity index (χ4n) is 10.2. The topological polar surface area (TPSA) is 3.24 Å². The summed E-state index contributed by atoms with van der Waals surface area (Å²) in [6.07, 6.45) is 0. The summed E-state index contributed by atoms with van der Waals surface area (Å²) in [6, 6.07) is 82.9. The van der Waals surface area contributed by atoms with Gasteiger partial charge < -0.3 is 4.90 Å². The van der Waals surface area contributed by atoms with E-state index in [1.165, 1.54) is 98.7 Å². The maximum atomic E-state index is 2.39. The SMILES string of the molecule is CC1(C)c2ccccc2-c2cc(-c3ccc(N(c4ccc(-c5ccc6c(ccc7ccccc76)c5)cc4)c4ccc(-c5cccc6c5ccc5ccccc56)cc4)cc3)ccc21. The van der Waals surface area contributed by atoms with Crippen molar-refractivity contribution in [3.63, 3.8) is 0 Å². The minimum atomic E-state index is -0.00884. The molecule has 0 spiro atoms. The third-order valence-corrected chi connectivity index (χ3v) is 13.5. The van der Waals surface area contributed by atoms with E-state index in [4.69, 9.17) is 0 Å². The van der Waals surface area contributed by atoms with Crippen LogP contribution in [-0.2, 0) is 5.41 Å².